The summed E-state index contributed by atoms with van der Waals surface area (Å²) >= 11 is 10.8. The number of methoxy groups -OCH3 is 1. The molecule has 1 heterocycles. The summed E-state index contributed by atoms with van der Waals surface area (Å²) in [4.78, 5) is 14.5. The highest BCUT2D eigenvalue weighted by molar-refractivity contribution is 6.34. The van der Waals surface area contributed by atoms with Crippen molar-refractivity contribution in [2.24, 2.45) is 0 Å². The van der Waals surface area contributed by atoms with Gasteiger partial charge in [-0.1, -0.05) is 23.2 Å². The molecule has 13 heavy (non-hydrogen) atoms. The van der Waals surface area contributed by atoms with Crippen LogP contribution in [0.5, 0.6) is 0 Å². The maximum atomic E-state index is 13.1. The summed E-state index contributed by atoms with van der Waals surface area (Å²) < 4.78 is 17.4. The molecular formula is C7H4Cl2FNO2. The molecule has 6 heteroatoms. The Labute approximate surface area is 83.4 Å². The van der Waals surface area contributed by atoms with Crippen molar-refractivity contribution in [2.75, 3.05) is 7.11 Å². The molecular weight excluding hydrogens is 220 g/mol. The first-order chi connectivity index (χ1) is 6.07. The molecule has 0 fully saturated rings. The van der Waals surface area contributed by atoms with Crippen LogP contribution in [0.25, 0.3) is 0 Å². The Balaban J connectivity index is 3.33. The predicted molar refractivity (Wildman–Crippen MR) is 45.6 cm³/mol. The van der Waals surface area contributed by atoms with E-state index < -0.39 is 17.3 Å². The van der Waals surface area contributed by atoms with Crippen molar-refractivity contribution in [3.63, 3.8) is 0 Å². The van der Waals surface area contributed by atoms with Crippen molar-refractivity contribution in [3.8, 4) is 0 Å². The van der Waals surface area contributed by atoms with Gasteiger partial charge in [0.25, 0.3) is 0 Å². The molecule has 0 N–H and O–H groups in total. The average Bonchev–Trinajstić information content (AvgIpc) is 2.12. The van der Waals surface area contributed by atoms with Crippen LogP contribution < -0.4 is 0 Å². The van der Waals surface area contributed by atoms with E-state index in [9.17, 15) is 9.18 Å². The van der Waals surface area contributed by atoms with Gasteiger partial charge in [0.15, 0.2) is 5.82 Å². The topological polar surface area (TPSA) is 39.2 Å². The van der Waals surface area contributed by atoms with E-state index in [0.29, 0.717) is 0 Å². The Hall–Kier alpha value is -0.870. The number of nitrogens with zero attached hydrogens (tertiary/aromatic N) is 1. The molecule has 0 spiro atoms. The lowest BCUT2D eigenvalue weighted by molar-refractivity contribution is 0.0595. The molecule has 1 aromatic rings. The molecule has 70 valence electrons. The Kier molecular flexibility index (Phi) is 3.06. The third-order valence-corrected chi connectivity index (χ3v) is 1.87. The molecule has 1 aromatic heterocycles. The number of hydrogen-bond donors (Lipinski definition) is 0. The van der Waals surface area contributed by atoms with Crippen molar-refractivity contribution in [1.29, 1.82) is 0 Å². The molecule has 0 bridgehead atoms. The SMILES string of the molecule is COC(=O)c1c(Cl)ncc(Cl)c1F. The highest BCUT2D eigenvalue weighted by Crippen LogP contribution is 2.23. The smallest absolute Gasteiger partial charge is 0.344 e. The summed E-state index contributed by atoms with van der Waals surface area (Å²) in [6.07, 6.45) is 1.02. The summed E-state index contributed by atoms with van der Waals surface area (Å²) in [6.45, 7) is 0. The van der Waals surface area contributed by atoms with Gasteiger partial charge in [-0.05, 0) is 0 Å². The molecule has 0 amide bonds. The lowest BCUT2D eigenvalue weighted by Crippen LogP contribution is -2.07. The van der Waals surface area contributed by atoms with Gasteiger partial charge in [-0.25, -0.2) is 14.2 Å². The molecule has 0 atom stereocenters. The van der Waals surface area contributed by atoms with Crippen molar-refractivity contribution in [3.05, 3.63) is 27.8 Å². The fourth-order valence-electron chi connectivity index (χ4n) is 0.720. The van der Waals surface area contributed by atoms with E-state index in [1.807, 2.05) is 0 Å². The zero-order valence-corrected chi connectivity index (χ0v) is 7.99. The third kappa shape index (κ3) is 1.89. The molecule has 0 aliphatic rings. The highest BCUT2D eigenvalue weighted by Gasteiger charge is 2.20. The number of carbonyl (C=O) groups is 1. The number of aromatic nitrogens is 1. The van der Waals surface area contributed by atoms with E-state index in [1.165, 1.54) is 0 Å². The number of carbonyl (C=O) groups excluding carboxylic acids is 1. The van der Waals surface area contributed by atoms with E-state index in [1.54, 1.807) is 0 Å². The maximum Gasteiger partial charge on any atom is 0.344 e. The normalized spacial score (nSPS) is 9.85. The van der Waals surface area contributed by atoms with Crippen LogP contribution in [0.2, 0.25) is 10.2 Å². The van der Waals surface area contributed by atoms with Gasteiger partial charge in [-0.15, -0.1) is 0 Å². The van der Waals surface area contributed by atoms with E-state index in [0.717, 1.165) is 13.3 Å². The van der Waals surface area contributed by atoms with Gasteiger partial charge in [0.2, 0.25) is 0 Å². The third-order valence-electron chi connectivity index (χ3n) is 1.32. The predicted octanol–water partition coefficient (Wildman–Crippen LogP) is 2.31. The van der Waals surface area contributed by atoms with Gasteiger partial charge < -0.3 is 4.74 Å². The van der Waals surface area contributed by atoms with E-state index in [2.05, 4.69) is 9.72 Å². The zero-order chi connectivity index (χ0) is 10.0. The van der Waals surface area contributed by atoms with Crippen LogP contribution in [-0.4, -0.2) is 18.1 Å². The van der Waals surface area contributed by atoms with Crippen LogP contribution in [-0.2, 0) is 4.74 Å². The van der Waals surface area contributed by atoms with Gasteiger partial charge >= 0.3 is 5.97 Å². The molecule has 0 aromatic carbocycles. The first-order valence-electron chi connectivity index (χ1n) is 3.15. The Morgan fingerprint density at radius 3 is 2.77 bits per heavy atom. The maximum absolute atomic E-state index is 13.1. The second-order valence-corrected chi connectivity index (χ2v) is 2.84. The van der Waals surface area contributed by atoms with Gasteiger partial charge in [-0.2, -0.15) is 0 Å². The summed E-state index contributed by atoms with van der Waals surface area (Å²) in [6, 6.07) is 0. The van der Waals surface area contributed by atoms with Crippen LogP contribution in [0.3, 0.4) is 0 Å². The molecule has 0 unspecified atom stereocenters. The molecule has 0 saturated carbocycles. The lowest BCUT2D eigenvalue weighted by atomic mass is 10.3. The summed E-state index contributed by atoms with van der Waals surface area (Å²) in [7, 11) is 1.11. The minimum atomic E-state index is -0.923. The number of ether oxygens (including phenoxy) is 1. The minimum Gasteiger partial charge on any atom is -0.465 e. The first-order valence-corrected chi connectivity index (χ1v) is 3.91. The Morgan fingerprint density at radius 2 is 2.23 bits per heavy atom. The molecule has 0 aliphatic heterocycles. The number of halogens is 3. The van der Waals surface area contributed by atoms with Crippen molar-refractivity contribution >= 4 is 29.2 Å². The highest BCUT2D eigenvalue weighted by atomic mass is 35.5. The number of pyridine rings is 1. The molecule has 0 aliphatic carbocycles. The number of rotatable bonds is 1. The first kappa shape index (κ1) is 10.2. The van der Waals surface area contributed by atoms with Crippen LogP contribution in [0.4, 0.5) is 4.39 Å². The minimum absolute atomic E-state index is 0.270. The quantitative estimate of drug-likeness (QED) is 0.542. The van der Waals surface area contributed by atoms with Crippen LogP contribution in [0.15, 0.2) is 6.20 Å². The van der Waals surface area contributed by atoms with Crippen LogP contribution in [0, 0.1) is 5.82 Å². The Bertz CT molecular complexity index is 357. The molecule has 0 radical (unpaired) electrons. The molecule has 0 saturated heterocycles. The number of hydrogen-bond acceptors (Lipinski definition) is 3. The van der Waals surface area contributed by atoms with Crippen LogP contribution in [0.1, 0.15) is 10.4 Å². The van der Waals surface area contributed by atoms with E-state index in [4.69, 9.17) is 23.2 Å². The zero-order valence-electron chi connectivity index (χ0n) is 6.47. The van der Waals surface area contributed by atoms with Crippen molar-refractivity contribution in [1.82, 2.24) is 4.98 Å². The summed E-state index contributed by atoms with van der Waals surface area (Å²) in [5.74, 6) is -1.83. The standard InChI is InChI=1S/C7H4Cl2FNO2/c1-13-7(12)4-5(10)3(8)2-11-6(4)9/h2H,1H3. The van der Waals surface area contributed by atoms with E-state index >= 15 is 0 Å². The summed E-state index contributed by atoms with van der Waals surface area (Å²) in [5, 5.41) is -0.543. The van der Waals surface area contributed by atoms with Crippen LogP contribution >= 0.6 is 23.2 Å². The van der Waals surface area contributed by atoms with Gasteiger partial charge in [-0.3, -0.25) is 0 Å². The summed E-state index contributed by atoms with van der Waals surface area (Å²) in [5.41, 5.74) is -0.448. The second-order valence-electron chi connectivity index (χ2n) is 2.08. The van der Waals surface area contributed by atoms with Crippen molar-refractivity contribution in [2.45, 2.75) is 0 Å². The monoisotopic (exact) mass is 223 g/mol. The molecule has 3 nitrogen and oxygen atoms in total. The van der Waals surface area contributed by atoms with Crippen molar-refractivity contribution < 1.29 is 13.9 Å². The van der Waals surface area contributed by atoms with Gasteiger partial charge in [0, 0.05) is 0 Å². The largest absolute Gasteiger partial charge is 0.465 e. The molecule has 1 rings (SSSR count). The lowest BCUT2D eigenvalue weighted by Gasteiger charge is -2.03. The fraction of sp³-hybridized carbons (Fsp3) is 0.143. The van der Waals surface area contributed by atoms with E-state index in [-0.39, 0.29) is 10.2 Å². The number of esters is 1. The second kappa shape index (κ2) is 3.89. The van der Waals surface area contributed by atoms with Gasteiger partial charge in [0.05, 0.1) is 18.3 Å². The fourth-order valence-corrected chi connectivity index (χ4v) is 1.07. The average molecular weight is 224 g/mol. The van der Waals surface area contributed by atoms with Gasteiger partial charge in [0.1, 0.15) is 10.7 Å². The Morgan fingerprint density at radius 1 is 1.62 bits per heavy atom.